The molecule has 2 unspecified atom stereocenters. The summed E-state index contributed by atoms with van der Waals surface area (Å²) in [4.78, 5) is 7.13. The summed E-state index contributed by atoms with van der Waals surface area (Å²) in [5.41, 5.74) is 1.17. The fraction of sp³-hybridized carbons (Fsp3) is 0.545. The summed E-state index contributed by atoms with van der Waals surface area (Å²) in [7, 11) is 3.61. The highest BCUT2D eigenvalue weighted by Crippen LogP contribution is 2.19. The summed E-state index contributed by atoms with van der Waals surface area (Å²) in [5.74, 6) is 2.47. The Morgan fingerprint density at radius 3 is 2.73 bits per heavy atom. The van der Waals surface area contributed by atoms with Gasteiger partial charge in [0.2, 0.25) is 0 Å². The standard InChI is InChI=1S/C22H34N6O2/c1-5-23-22(24-13-17(2)30-21-10-8-20(29-4)9-11-21)26-18-7-6-12-28(15-18)19-14-25-27(3)16-19/h8-11,14,16-18H,5-7,12-13,15H2,1-4H3,(H2,23,24,26). The summed E-state index contributed by atoms with van der Waals surface area (Å²) in [6.45, 7) is 7.50. The molecule has 164 valence electrons. The van der Waals surface area contributed by atoms with Crippen molar-refractivity contribution >= 4 is 11.6 Å². The first-order valence-corrected chi connectivity index (χ1v) is 10.7. The largest absolute Gasteiger partial charge is 0.497 e. The number of anilines is 1. The topological polar surface area (TPSA) is 75.9 Å². The number of aromatic nitrogens is 2. The number of guanidine groups is 1. The first kappa shape index (κ1) is 21.8. The van der Waals surface area contributed by atoms with Crippen molar-refractivity contribution in [2.24, 2.45) is 12.0 Å². The minimum Gasteiger partial charge on any atom is -0.497 e. The fourth-order valence-electron chi connectivity index (χ4n) is 3.56. The number of piperidine rings is 1. The van der Waals surface area contributed by atoms with Crippen LogP contribution in [0.25, 0.3) is 0 Å². The second kappa shape index (κ2) is 10.8. The molecule has 0 aliphatic carbocycles. The number of rotatable bonds is 8. The van der Waals surface area contributed by atoms with Crippen molar-refractivity contribution in [2.45, 2.75) is 38.8 Å². The van der Waals surface area contributed by atoms with Crippen LogP contribution >= 0.6 is 0 Å². The van der Waals surface area contributed by atoms with E-state index in [1.54, 1.807) is 7.11 Å². The second-order valence-corrected chi connectivity index (χ2v) is 7.63. The maximum Gasteiger partial charge on any atom is 0.191 e. The Labute approximate surface area is 179 Å². The van der Waals surface area contributed by atoms with Crippen LogP contribution in [0.2, 0.25) is 0 Å². The van der Waals surface area contributed by atoms with Gasteiger partial charge in [0, 0.05) is 38.9 Å². The monoisotopic (exact) mass is 414 g/mol. The molecular formula is C22H34N6O2. The van der Waals surface area contributed by atoms with Gasteiger partial charge in [-0.05, 0) is 51.0 Å². The van der Waals surface area contributed by atoms with Gasteiger partial charge in [0.25, 0.3) is 0 Å². The first-order valence-electron chi connectivity index (χ1n) is 10.7. The Morgan fingerprint density at radius 2 is 2.07 bits per heavy atom. The Bertz CT molecular complexity index is 804. The average molecular weight is 415 g/mol. The molecule has 0 bridgehead atoms. The lowest BCUT2D eigenvalue weighted by Gasteiger charge is -2.34. The molecule has 8 heteroatoms. The van der Waals surface area contributed by atoms with Crippen molar-refractivity contribution in [3.63, 3.8) is 0 Å². The third-order valence-corrected chi connectivity index (χ3v) is 5.07. The number of nitrogens with zero attached hydrogens (tertiary/aromatic N) is 4. The number of ether oxygens (including phenoxy) is 2. The molecule has 3 rings (SSSR count). The van der Waals surface area contributed by atoms with Gasteiger partial charge < -0.3 is 25.0 Å². The van der Waals surface area contributed by atoms with Crippen molar-refractivity contribution in [1.29, 1.82) is 0 Å². The lowest BCUT2D eigenvalue weighted by Crippen LogP contribution is -2.51. The molecule has 2 aromatic rings. The minimum absolute atomic E-state index is 0.0351. The molecule has 2 heterocycles. The van der Waals surface area contributed by atoms with Crippen molar-refractivity contribution in [3.05, 3.63) is 36.7 Å². The highest BCUT2D eigenvalue weighted by atomic mass is 16.5. The molecule has 30 heavy (non-hydrogen) atoms. The molecule has 1 aromatic heterocycles. The zero-order valence-electron chi connectivity index (χ0n) is 18.5. The predicted molar refractivity (Wildman–Crippen MR) is 121 cm³/mol. The first-order chi connectivity index (χ1) is 14.6. The van der Waals surface area contributed by atoms with E-state index in [0.717, 1.165) is 49.9 Å². The predicted octanol–water partition coefficient (Wildman–Crippen LogP) is 2.42. The van der Waals surface area contributed by atoms with Crippen LogP contribution in [0, 0.1) is 0 Å². The molecule has 8 nitrogen and oxygen atoms in total. The lowest BCUT2D eigenvalue weighted by molar-refractivity contribution is 0.230. The summed E-state index contributed by atoms with van der Waals surface area (Å²) >= 11 is 0. The van der Waals surface area contributed by atoms with E-state index < -0.39 is 0 Å². The third-order valence-electron chi connectivity index (χ3n) is 5.07. The van der Waals surface area contributed by atoms with E-state index in [-0.39, 0.29) is 6.10 Å². The fourth-order valence-corrected chi connectivity index (χ4v) is 3.56. The number of hydrogen-bond acceptors (Lipinski definition) is 5. The van der Waals surface area contributed by atoms with Crippen LogP contribution in [0.15, 0.2) is 41.7 Å². The van der Waals surface area contributed by atoms with Gasteiger partial charge in [-0.1, -0.05) is 0 Å². The van der Waals surface area contributed by atoms with E-state index in [4.69, 9.17) is 14.5 Å². The lowest BCUT2D eigenvalue weighted by atomic mass is 10.1. The minimum atomic E-state index is -0.0351. The summed E-state index contributed by atoms with van der Waals surface area (Å²) < 4.78 is 13.0. The molecule has 2 N–H and O–H groups in total. The van der Waals surface area contributed by atoms with E-state index in [9.17, 15) is 0 Å². The number of aliphatic imine (C=N–C) groups is 1. The number of benzene rings is 1. The SMILES string of the molecule is CCNC(=NCC(C)Oc1ccc(OC)cc1)NC1CCCN(c2cnn(C)c2)C1. The van der Waals surface area contributed by atoms with Crippen LogP contribution in [0.3, 0.4) is 0 Å². The molecule has 1 aliphatic rings. The van der Waals surface area contributed by atoms with E-state index in [0.29, 0.717) is 12.6 Å². The second-order valence-electron chi connectivity index (χ2n) is 7.63. The molecular weight excluding hydrogens is 380 g/mol. The van der Waals surface area contributed by atoms with Crippen LogP contribution in [0.1, 0.15) is 26.7 Å². The zero-order chi connectivity index (χ0) is 21.3. The van der Waals surface area contributed by atoms with E-state index >= 15 is 0 Å². The van der Waals surface area contributed by atoms with Crippen LogP contribution in [0.4, 0.5) is 5.69 Å². The van der Waals surface area contributed by atoms with E-state index in [2.05, 4.69) is 33.8 Å². The Balaban J connectivity index is 1.54. The van der Waals surface area contributed by atoms with E-state index in [1.807, 2.05) is 49.1 Å². The molecule has 1 fully saturated rings. The third kappa shape index (κ3) is 6.30. The number of aryl methyl sites for hydroxylation is 1. The molecule has 0 saturated carbocycles. The Morgan fingerprint density at radius 1 is 1.30 bits per heavy atom. The highest BCUT2D eigenvalue weighted by molar-refractivity contribution is 5.80. The summed E-state index contributed by atoms with van der Waals surface area (Å²) in [5, 5.41) is 11.2. The van der Waals surface area contributed by atoms with Gasteiger partial charge >= 0.3 is 0 Å². The van der Waals surface area contributed by atoms with Gasteiger partial charge in [0.15, 0.2) is 5.96 Å². The smallest absolute Gasteiger partial charge is 0.191 e. The Hall–Kier alpha value is -2.90. The molecule has 1 saturated heterocycles. The van der Waals surface area contributed by atoms with Crippen molar-refractivity contribution in [2.75, 3.05) is 38.2 Å². The van der Waals surface area contributed by atoms with Gasteiger partial charge in [-0.25, -0.2) is 4.99 Å². The molecule has 1 aromatic carbocycles. The van der Waals surface area contributed by atoms with Crippen LogP contribution in [-0.2, 0) is 7.05 Å². The van der Waals surface area contributed by atoms with Crippen molar-refractivity contribution in [1.82, 2.24) is 20.4 Å². The van der Waals surface area contributed by atoms with Gasteiger partial charge in [0.05, 0.1) is 25.5 Å². The quantitative estimate of drug-likeness (QED) is 0.510. The average Bonchev–Trinajstić information content (AvgIpc) is 3.19. The maximum absolute atomic E-state index is 5.97. The molecule has 0 amide bonds. The number of nitrogens with one attached hydrogen (secondary N) is 2. The van der Waals surface area contributed by atoms with Crippen LogP contribution in [0.5, 0.6) is 11.5 Å². The summed E-state index contributed by atoms with van der Waals surface area (Å²) in [6, 6.07) is 7.96. The highest BCUT2D eigenvalue weighted by Gasteiger charge is 2.22. The van der Waals surface area contributed by atoms with Gasteiger partial charge in [-0.15, -0.1) is 0 Å². The molecule has 0 spiro atoms. The maximum atomic E-state index is 5.97. The van der Waals surface area contributed by atoms with Gasteiger partial charge in [0.1, 0.15) is 17.6 Å². The van der Waals surface area contributed by atoms with Crippen molar-refractivity contribution in [3.8, 4) is 11.5 Å². The summed E-state index contributed by atoms with van der Waals surface area (Å²) in [6.07, 6.45) is 6.23. The van der Waals surface area contributed by atoms with Crippen molar-refractivity contribution < 1.29 is 9.47 Å². The van der Waals surface area contributed by atoms with Crippen LogP contribution in [-0.4, -0.2) is 61.2 Å². The zero-order valence-corrected chi connectivity index (χ0v) is 18.5. The number of hydrogen-bond donors (Lipinski definition) is 2. The van der Waals surface area contributed by atoms with Gasteiger partial charge in [-0.2, -0.15) is 5.10 Å². The van der Waals surface area contributed by atoms with E-state index in [1.165, 1.54) is 5.69 Å². The molecule has 1 aliphatic heterocycles. The molecule has 0 radical (unpaired) electrons. The number of methoxy groups -OCH3 is 1. The van der Waals surface area contributed by atoms with Crippen LogP contribution < -0.4 is 25.0 Å². The normalized spacial score (nSPS) is 18.1. The Kier molecular flexibility index (Phi) is 7.82. The van der Waals surface area contributed by atoms with Gasteiger partial charge in [-0.3, -0.25) is 4.68 Å². The molecule has 2 atom stereocenters.